The first-order chi connectivity index (χ1) is 11.0. The molecule has 114 valence electrons. The summed E-state index contributed by atoms with van der Waals surface area (Å²) in [7, 11) is 0. The van der Waals surface area contributed by atoms with Crippen LogP contribution in [0.1, 0.15) is 0 Å². The average molecular weight is 309 g/mol. The summed E-state index contributed by atoms with van der Waals surface area (Å²) in [5.41, 5.74) is 0.926. The highest BCUT2D eigenvalue weighted by atomic mass is 16.6. The van der Waals surface area contributed by atoms with Gasteiger partial charge in [-0.05, 0) is 36.4 Å². The van der Waals surface area contributed by atoms with Crippen molar-refractivity contribution in [2.75, 3.05) is 0 Å². The van der Waals surface area contributed by atoms with Crippen LogP contribution in [0.3, 0.4) is 0 Å². The van der Waals surface area contributed by atoms with Gasteiger partial charge in [0.1, 0.15) is 17.3 Å². The summed E-state index contributed by atoms with van der Waals surface area (Å²) in [4.78, 5) is 22.1. The third kappa shape index (κ3) is 3.11. The molecule has 0 aliphatic carbocycles. The zero-order valence-corrected chi connectivity index (χ0v) is 11.8. The van der Waals surface area contributed by atoms with Crippen molar-refractivity contribution in [2.24, 2.45) is 0 Å². The number of nitrogens with zero attached hydrogens (tertiary/aromatic N) is 1. The lowest BCUT2D eigenvalue weighted by atomic mass is 10.1. The summed E-state index contributed by atoms with van der Waals surface area (Å²) in [5.74, 6) is 0.781. The van der Waals surface area contributed by atoms with Crippen LogP contribution in [0.5, 0.6) is 5.75 Å². The van der Waals surface area contributed by atoms with Crippen molar-refractivity contribution < 1.29 is 14.4 Å². The lowest BCUT2D eigenvalue weighted by Crippen LogP contribution is -1.98. The van der Waals surface area contributed by atoms with Gasteiger partial charge < -0.3 is 9.52 Å². The normalized spacial score (nSPS) is 10.4. The number of hydrogen-bond acceptors (Lipinski definition) is 5. The fraction of sp³-hybridized carbons (Fsp3) is 0. The number of phenolic OH excluding ortho intramolecular Hbond substituents is 1. The summed E-state index contributed by atoms with van der Waals surface area (Å²) >= 11 is 0. The van der Waals surface area contributed by atoms with Crippen LogP contribution >= 0.6 is 0 Å². The van der Waals surface area contributed by atoms with Crippen LogP contribution in [-0.4, -0.2) is 10.0 Å². The van der Waals surface area contributed by atoms with Gasteiger partial charge in [-0.15, -0.1) is 0 Å². The van der Waals surface area contributed by atoms with Crippen molar-refractivity contribution in [2.45, 2.75) is 0 Å². The van der Waals surface area contributed by atoms with Gasteiger partial charge >= 0.3 is 0 Å². The maximum absolute atomic E-state index is 11.9. The maximum atomic E-state index is 11.9. The van der Waals surface area contributed by atoms with Crippen molar-refractivity contribution in [1.82, 2.24) is 0 Å². The molecular formula is C17H11NO5. The van der Waals surface area contributed by atoms with E-state index in [0.717, 1.165) is 0 Å². The van der Waals surface area contributed by atoms with Gasteiger partial charge in [-0.3, -0.25) is 14.9 Å². The largest absolute Gasteiger partial charge is 0.508 e. The summed E-state index contributed by atoms with van der Waals surface area (Å²) in [5, 5.41) is 20.0. The van der Waals surface area contributed by atoms with E-state index in [4.69, 9.17) is 4.42 Å². The van der Waals surface area contributed by atoms with E-state index in [2.05, 4.69) is 0 Å². The molecule has 0 radical (unpaired) electrons. The minimum absolute atomic E-state index is 0.0363. The highest BCUT2D eigenvalue weighted by Gasteiger charge is 2.10. The Morgan fingerprint density at radius 2 is 1.35 bits per heavy atom. The predicted octanol–water partition coefficient (Wildman–Crippen LogP) is 3.59. The number of aromatic hydroxyl groups is 1. The first kappa shape index (κ1) is 14.5. The molecule has 6 heteroatoms. The van der Waals surface area contributed by atoms with Crippen LogP contribution in [0.2, 0.25) is 0 Å². The molecule has 2 aromatic carbocycles. The molecule has 0 amide bonds. The Morgan fingerprint density at radius 3 is 1.83 bits per heavy atom. The molecule has 0 atom stereocenters. The van der Waals surface area contributed by atoms with Gasteiger partial charge in [-0.2, -0.15) is 0 Å². The van der Waals surface area contributed by atoms with E-state index in [0.29, 0.717) is 22.6 Å². The second-order valence-electron chi connectivity index (χ2n) is 4.87. The number of non-ortho nitro benzene ring substituents is 1. The number of benzene rings is 2. The molecule has 1 heterocycles. The summed E-state index contributed by atoms with van der Waals surface area (Å²) < 4.78 is 5.72. The zero-order valence-electron chi connectivity index (χ0n) is 11.8. The molecule has 0 saturated carbocycles. The van der Waals surface area contributed by atoms with Gasteiger partial charge in [0.2, 0.25) is 0 Å². The van der Waals surface area contributed by atoms with E-state index in [1.165, 1.54) is 48.5 Å². The summed E-state index contributed by atoms with van der Waals surface area (Å²) in [6.07, 6.45) is 0. The quantitative estimate of drug-likeness (QED) is 0.589. The molecule has 1 aromatic heterocycles. The Morgan fingerprint density at radius 1 is 0.870 bits per heavy atom. The second kappa shape index (κ2) is 5.76. The standard InChI is InChI=1S/C17H11NO5/c19-14-7-3-12(4-8-14)17-10-15(20)9-16(23-17)11-1-5-13(6-2-11)18(21)22/h1-10,19H. The number of phenols is 1. The first-order valence-electron chi connectivity index (χ1n) is 6.72. The van der Waals surface area contributed by atoms with Gasteiger partial charge in [-0.1, -0.05) is 0 Å². The van der Waals surface area contributed by atoms with Crippen molar-refractivity contribution in [3.05, 3.63) is 81.0 Å². The molecule has 0 aliphatic rings. The Balaban J connectivity index is 2.05. The molecule has 0 aliphatic heterocycles. The number of rotatable bonds is 3. The van der Waals surface area contributed by atoms with E-state index in [1.807, 2.05) is 0 Å². The van der Waals surface area contributed by atoms with E-state index in [1.54, 1.807) is 12.1 Å². The number of nitro benzene ring substituents is 1. The Kier molecular flexibility index (Phi) is 3.64. The molecule has 0 saturated heterocycles. The molecular weight excluding hydrogens is 298 g/mol. The van der Waals surface area contributed by atoms with Crippen molar-refractivity contribution in [3.8, 4) is 28.4 Å². The van der Waals surface area contributed by atoms with Crippen LogP contribution in [0.25, 0.3) is 22.6 Å². The fourth-order valence-corrected chi connectivity index (χ4v) is 2.14. The van der Waals surface area contributed by atoms with Crippen LogP contribution in [0, 0.1) is 10.1 Å². The Bertz CT molecular complexity index is 911. The SMILES string of the molecule is O=c1cc(-c2ccc(O)cc2)oc(-c2ccc([N+](=O)[O-])cc2)c1. The zero-order chi connectivity index (χ0) is 16.4. The van der Waals surface area contributed by atoms with Crippen LogP contribution in [0.15, 0.2) is 69.9 Å². The first-order valence-corrected chi connectivity index (χ1v) is 6.72. The average Bonchev–Trinajstić information content (AvgIpc) is 2.55. The monoisotopic (exact) mass is 309 g/mol. The predicted molar refractivity (Wildman–Crippen MR) is 84.2 cm³/mol. The highest BCUT2D eigenvalue weighted by Crippen LogP contribution is 2.27. The molecule has 6 nitrogen and oxygen atoms in total. The molecule has 0 fully saturated rings. The molecule has 1 N–H and O–H groups in total. The Hall–Kier alpha value is -3.41. The van der Waals surface area contributed by atoms with Gasteiger partial charge in [0.15, 0.2) is 5.43 Å². The number of nitro groups is 1. The van der Waals surface area contributed by atoms with Crippen LogP contribution in [-0.2, 0) is 0 Å². The molecule has 0 bridgehead atoms. The van der Waals surface area contributed by atoms with Crippen molar-refractivity contribution in [1.29, 1.82) is 0 Å². The molecule has 3 aromatic rings. The van der Waals surface area contributed by atoms with Gasteiger partial charge in [0.05, 0.1) is 4.92 Å². The fourth-order valence-electron chi connectivity index (χ4n) is 2.14. The van der Waals surface area contributed by atoms with Crippen LogP contribution < -0.4 is 5.43 Å². The van der Waals surface area contributed by atoms with E-state index < -0.39 is 4.92 Å². The molecule has 23 heavy (non-hydrogen) atoms. The van der Waals surface area contributed by atoms with Gasteiger partial charge in [0.25, 0.3) is 5.69 Å². The molecule has 3 rings (SSSR count). The maximum Gasteiger partial charge on any atom is 0.269 e. The van der Waals surface area contributed by atoms with Gasteiger partial charge in [-0.25, -0.2) is 0 Å². The van der Waals surface area contributed by atoms with E-state index in [-0.39, 0.29) is 16.9 Å². The van der Waals surface area contributed by atoms with Crippen molar-refractivity contribution in [3.63, 3.8) is 0 Å². The van der Waals surface area contributed by atoms with E-state index >= 15 is 0 Å². The topological polar surface area (TPSA) is 93.6 Å². The smallest absolute Gasteiger partial charge is 0.269 e. The minimum Gasteiger partial charge on any atom is -0.508 e. The second-order valence-corrected chi connectivity index (χ2v) is 4.87. The minimum atomic E-state index is -0.493. The molecule has 0 unspecified atom stereocenters. The van der Waals surface area contributed by atoms with E-state index in [9.17, 15) is 20.0 Å². The van der Waals surface area contributed by atoms with Crippen molar-refractivity contribution >= 4 is 5.69 Å². The lowest BCUT2D eigenvalue weighted by molar-refractivity contribution is -0.384. The Labute approximate surface area is 130 Å². The third-order valence-electron chi connectivity index (χ3n) is 3.28. The van der Waals surface area contributed by atoms with Crippen LogP contribution in [0.4, 0.5) is 5.69 Å². The van der Waals surface area contributed by atoms with Gasteiger partial charge in [0, 0.05) is 35.4 Å². The summed E-state index contributed by atoms with van der Waals surface area (Å²) in [6.45, 7) is 0. The summed E-state index contributed by atoms with van der Waals surface area (Å²) in [6, 6.07) is 14.7. The number of hydrogen-bond donors (Lipinski definition) is 1. The molecule has 0 spiro atoms. The third-order valence-corrected chi connectivity index (χ3v) is 3.28. The highest BCUT2D eigenvalue weighted by molar-refractivity contribution is 5.64. The lowest BCUT2D eigenvalue weighted by Gasteiger charge is -2.05.